The Kier molecular flexibility index (Phi) is 3.91. The number of aromatic nitrogens is 2. The van der Waals surface area contributed by atoms with Gasteiger partial charge in [-0.05, 0) is 36.6 Å². The number of rotatable bonds is 3. The molecule has 27 heavy (non-hydrogen) atoms. The second kappa shape index (κ2) is 6.05. The first-order chi connectivity index (χ1) is 12.8. The zero-order valence-electron chi connectivity index (χ0n) is 14.9. The number of carbonyl (C=O) groups is 1. The molecule has 0 fully saturated rings. The first-order valence-electron chi connectivity index (χ1n) is 8.47. The van der Waals surface area contributed by atoms with E-state index in [2.05, 4.69) is 16.8 Å². The highest BCUT2D eigenvalue weighted by Gasteiger charge is 2.33. The van der Waals surface area contributed by atoms with Crippen LogP contribution in [0.5, 0.6) is 0 Å². The largest absolute Gasteiger partial charge is 0.381 e. The number of carbonyl (C=O) groups excluding carboxylic acids is 1. The van der Waals surface area contributed by atoms with Gasteiger partial charge in [-0.15, -0.1) is 0 Å². The maximum Gasteiger partial charge on any atom is 0.268 e. The highest BCUT2D eigenvalue weighted by atomic mass is 19.1. The van der Waals surface area contributed by atoms with Crippen LogP contribution in [0, 0.1) is 17.7 Å². The zero-order valence-corrected chi connectivity index (χ0v) is 14.9. The number of halogens is 1. The topological polar surface area (TPSA) is 90.4 Å². The quantitative estimate of drug-likeness (QED) is 0.811. The van der Waals surface area contributed by atoms with E-state index in [4.69, 9.17) is 10.5 Å². The molecule has 5 rings (SSSR count). The fourth-order valence-electron chi connectivity index (χ4n) is 3.41. The Morgan fingerprint density at radius 1 is 1.52 bits per heavy atom. The molecule has 6 nitrogen and oxygen atoms in total. The van der Waals surface area contributed by atoms with E-state index >= 15 is 0 Å². The van der Waals surface area contributed by atoms with Crippen LogP contribution in [-0.4, -0.2) is 39.9 Å². The van der Waals surface area contributed by atoms with Crippen LogP contribution in [-0.2, 0) is 4.74 Å². The maximum atomic E-state index is 14.6. The van der Waals surface area contributed by atoms with Crippen molar-refractivity contribution in [2.24, 2.45) is 5.73 Å². The second-order valence-electron chi connectivity index (χ2n) is 7.02. The van der Waals surface area contributed by atoms with Crippen LogP contribution in [0.3, 0.4) is 0 Å². The van der Waals surface area contributed by atoms with Gasteiger partial charge in [-0.2, -0.15) is 0 Å². The third-order valence-corrected chi connectivity index (χ3v) is 4.75. The van der Waals surface area contributed by atoms with E-state index in [0.717, 1.165) is 17.6 Å². The van der Waals surface area contributed by atoms with Crippen molar-refractivity contribution in [1.82, 2.24) is 9.55 Å². The summed E-state index contributed by atoms with van der Waals surface area (Å²) in [5.41, 5.74) is 6.73. The smallest absolute Gasteiger partial charge is 0.268 e. The van der Waals surface area contributed by atoms with Crippen molar-refractivity contribution < 1.29 is 19.0 Å². The molecule has 138 valence electrons. The number of methoxy groups -OCH3 is 1. The minimum Gasteiger partial charge on any atom is -0.381 e. The SMILES string of the molecule is COC[C@](C)(O)C#Cc1cc2c(cc1F)C1=CC(C1)n1cc(C(N)=O)nc1-2. The number of benzene rings is 1. The first-order valence-corrected chi connectivity index (χ1v) is 8.47. The van der Waals surface area contributed by atoms with Crippen LogP contribution in [0.1, 0.15) is 41.0 Å². The lowest BCUT2D eigenvalue weighted by molar-refractivity contribution is 0.0274. The molecule has 0 radical (unpaired) electrons. The number of imidazole rings is 1. The summed E-state index contributed by atoms with van der Waals surface area (Å²) in [5, 5.41) is 10.1. The van der Waals surface area contributed by atoms with Gasteiger partial charge < -0.3 is 20.1 Å². The van der Waals surface area contributed by atoms with Crippen LogP contribution in [0.2, 0.25) is 0 Å². The lowest BCUT2D eigenvalue weighted by atomic mass is 9.86. The number of primary amides is 1. The number of nitrogens with two attached hydrogens (primary N) is 1. The summed E-state index contributed by atoms with van der Waals surface area (Å²) in [5.74, 6) is 4.79. The standard InChI is InChI=1S/C20H18FN3O3/c1-20(26,10-27-2)4-3-11-7-15-14(8-16(11)21)12-5-13(6-12)24-9-17(18(22)25)23-19(15)24/h5,7-9,13,26H,6,10H2,1-2H3,(H2,22,25)/t13?,20-/m1/s1. The van der Waals surface area contributed by atoms with Crippen molar-refractivity contribution >= 4 is 11.5 Å². The molecule has 2 bridgehead atoms. The van der Waals surface area contributed by atoms with Gasteiger partial charge in [0.2, 0.25) is 0 Å². The van der Waals surface area contributed by atoms with E-state index < -0.39 is 17.3 Å². The molecule has 2 aliphatic heterocycles. The first kappa shape index (κ1) is 17.5. The predicted molar refractivity (Wildman–Crippen MR) is 97.1 cm³/mol. The van der Waals surface area contributed by atoms with Gasteiger partial charge in [-0.25, -0.2) is 9.37 Å². The second-order valence-corrected chi connectivity index (χ2v) is 7.02. The van der Waals surface area contributed by atoms with Crippen molar-refractivity contribution in [3.8, 4) is 23.2 Å². The molecule has 2 aromatic rings. The van der Waals surface area contributed by atoms with E-state index in [1.54, 1.807) is 12.3 Å². The highest BCUT2D eigenvalue weighted by molar-refractivity contribution is 5.92. The molecule has 0 saturated carbocycles. The summed E-state index contributed by atoms with van der Waals surface area (Å²) < 4.78 is 21.4. The Balaban J connectivity index is 1.85. The zero-order chi connectivity index (χ0) is 19.3. The van der Waals surface area contributed by atoms with Crippen LogP contribution in [0.25, 0.3) is 17.0 Å². The van der Waals surface area contributed by atoms with Crippen LogP contribution in [0.15, 0.2) is 24.4 Å². The summed E-state index contributed by atoms with van der Waals surface area (Å²) >= 11 is 0. The Morgan fingerprint density at radius 2 is 2.26 bits per heavy atom. The van der Waals surface area contributed by atoms with Gasteiger partial charge in [-0.1, -0.05) is 17.9 Å². The number of amides is 1. The van der Waals surface area contributed by atoms with Gasteiger partial charge in [-0.3, -0.25) is 4.79 Å². The molecule has 1 amide bonds. The van der Waals surface area contributed by atoms with Crippen molar-refractivity contribution in [2.75, 3.05) is 13.7 Å². The Morgan fingerprint density at radius 3 is 2.93 bits per heavy atom. The third kappa shape index (κ3) is 2.93. The van der Waals surface area contributed by atoms with Gasteiger partial charge in [0.05, 0.1) is 18.2 Å². The van der Waals surface area contributed by atoms with Crippen LogP contribution < -0.4 is 5.73 Å². The van der Waals surface area contributed by atoms with Gasteiger partial charge in [0, 0.05) is 18.9 Å². The van der Waals surface area contributed by atoms with Crippen molar-refractivity contribution in [1.29, 1.82) is 0 Å². The summed E-state index contributed by atoms with van der Waals surface area (Å²) in [6.45, 7) is 1.50. The van der Waals surface area contributed by atoms with Crippen LogP contribution >= 0.6 is 0 Å². The van der Waals surface area contributed by atoms with Gasteiger partial charge >= 0.3 is 0 Å². The molecular weight excluding hydrogens is 349 g/mol. The van der Waals surface area contributed by atoms with Crippen LogP contribution in [0.4, 0.5) is 4.39 Å². The molecule has 3 aliphatic rings. The van der Waals surface area contributed by atoms with E-state index in [-0.39, 0.29) is 23.9 Å². The molecule has 1 aliphatic carbocycles. The lowest BCUT2D eigenvalue weighted by Crippen LogP contribution is -2.27. The average Bonchev–Trinajstić information content (AvgIpc) is 2.89. The highest BCUT2D eigenvalue weighted by Crippen LogP contribution is 2.47. The van der Waals surface area contributed by atoms with Gasteiger partial charge in [0.15, 0.2) is 0 Å². The summed E-state index contributed by atoms with van der Waals surface area (Å²) in [4.78, 5) is 15.9. The molecular formula is C20H18FN3O3. The Labute approximate surface area is 155 Å². The predicted octanol–water partition coefficient (Wildman–Crippen LogP) is 1.88. The summed E-state index contributed by atoms with van der Waals surface area (Å²) in [6.07, 6.45) is 4.39. The number of nitrogens with zero attached hydrogens (tertiary/aromatic N) is 2. The number of hydrogen-bond donors (Lipinski definition) is 2. The minimum absolute atomic E-state index is 0.00744. The minimum atomic E-state index is -1.39. The normalized spacial score (nSPS) is 18.7. The van der Waals surface area contributed by atoms with E-state index in [1.807, 2.05) is 10.6 Å². The lowest BCUT2D eigenvalue weighted by Gasteiger charge is -2.24. The monoisotopic (exact) mass is 367 g/mol. The maximum absolute atomic E-state index is 14.6. The van der Waals surface area contributed by atoms with Crippen molar-refractivity contribution in [3.05, 3.63) is 47.0 Å². The molecule has 1 aromatic carbocycles. The molecule has 0 saturated heterocycles. The average molecular weight is 367 g/mol. The number of ether oxygens (including phenoxy) is 1. The number of hydrogen-bond acceptors (Lipinski definition) is 4. The molecule has 1 unspecified atom stereocenters. The molecule has 1 aromatic heterocycles. The summed E-state index contributed by atoms with van der Waals surface area (Å²) in [7, 11) is 1.45. The number of allylic oxidation sites excluding steroid dienone is 2. The fraction of sp³-hybridized carbons (Fsp3) is 0.300. The van der Waals surface area contributed by atoms with E-state index in [1.165, 1.54) is 20.1 Å². The van der Waals surface area contributed by atoms with Gasteiger partial charge in [0.25, 0.3) is 5.91 Å². The Hall–Kier alpha value is -2.95. The fourth-order valence-corrected chi connectivity index (χ4v) is 3.41. The van der Waals surface area contributed by atoms with E-state index in [9.17, 15) is 14.3 Å². The summed E-state index contributed by atoms with van der Waals surface area (Å²) in [6, 6.07) is 3.11. The molecule has 3 heterocycles. The number of aliphatic hydroxyl groups is 1. The molecule has 2 atom stereocenters. The van der Waals surface area contributed by atoms with E-state index in [0.29, 0.717) is 11.4 Å². The third-order valence-electron chi connectivity index (χ3n) is 4.75. The molecule has 7 heteroatoms. The van der Waals surface area contributed by atoms with Crippen molar-refractivity contribution in [3.63, 3.8) is 0 Å². The molecule has 3 N–H and O–H groups in total. The van der Waals surface area contributed by atoms with Crippen molar-refractivity contribution in [2.45, 2.75) is 25.0 Å². The molecule has 0 spiro atoms. The Bertz CT molecular complexity index is 1060. The van der Waals surface area contributed by atoms with Gasteiger partial charge in [0.1, 0.15) is 22.9 Å².